The number of amides is 2. The minimum absolute atomic E-state index is 0.00246. The van der Waals surface area contributed by atoms with Crippen molar-refractivity contribution in [3.05, 3.63) is 65.0 Å². The molecule has 13 heteroatoms. The first-order chi connectivity index (χ1) is 16.5. The maximum atomic E-state index is 13.5. The van der Waals surface area contributed by atoms with Gasteiger partial charge in [-0.2, -0.15) is 20.7 Å². The van der Waals surface area contributed by atoms with E-state index in [-0.39, 0.29) is 34.6 Å². The summed E-state index contributed by atoms with van der Waals surface area (Å²) in [7, 11) is 1.47. The third-order valence-corrected chi connectivity index (χ3v) is 5.02. The van der Waals surface area contributed by atoms with Crippen LogP contribution in [0.15, 0.2) is 36.7 Å². The second-order valence-corrected chi connectivity index (χ2v) is 7.84. The lowest BCUT2D eigenvalue weighted by Gasteiger charge is -2.18. The zero-order valence-corrected chi connectivity index (χ0v) is 18.6. The number of aromatic nitrogens is 4. The van der Waals surface area contributed by atoms with Gasteiger partial charge in [-0.3, -0.25) is 14.4 Å². The molecule has 0 aliphatic heterocycles. The number of hydrogen-bond acceptors (Lipinski definition) is 6. The number of anilines is 1. The van der Waals surface area contributed by atoms with Crippen molar-refractivity contribution in [3.63, 3.8) is 0 Å². The second kappa shape index (κ2) is 10.2. The van der Waals surface area contributed by atoms with Crippen molar-refractivity contribution in [2.75, 3.05) is 5.32 Å². The number of aryl methyl sites for hydroxylation is 1. The number of rotatable bonds is 9. The summed E-state index contributed by atoms with van der Waals surface area (Å²) in [6.45, 7) is 0.740. The molecule has 2 amide bonds. The van der Waals surface area contributed by atoms with Crippen molar-refractivity contribution in [3.8, 4) is 6.07 Å². The molecule has 10 nitrogen and oxygen atoms in total. The fraction of sp³-hybridized carbons (Fsp3) is 0.273. The van der Waals surface area contributed by atoms with Gasteiger partial charge in [-0.15, -0.1) is 0 Å². The van der Waals surface area contributed by atoms with E-state index < -0.39 is 41.8 Å². The van der Waals surface area contributed by atoms with Crippen molar-refractivity contribution in [2.45, 2.75) is 31.7 Å². The van der Waals surface area contributed by atoms with Gasteiger partial charge in [0.2, 0.25) is 5.92 Å². The number of ketones is 1. The first-order valence-corrected chi connectivity index (χ1v) is 10.2. The molecular formula is C22H20F3N7O3. The number of halogens is 3. The van der Waals surface area contributed by atoms with Crippen LogP contribution >= 0.6 is 0 Å². The molecule has 1 aromatic carbocycles. The number of Topliss-reactive ketones (excluding diaryl/α,β-unsaturated/α-hetero) is 1. The number of benzene rings is 1. The molecule has 0 aliphatic rings. The van der Waals surface area contributed by atoms with Crippen LogP contribution in [0.3, 0.4) is 0 Å². The van der Waals surface area contributed by atoms with Crippen LogP contribution in [0.25, 0.3) is 0 Å². The molecule has 3 rings (SSSR count). The lowest BCUT2D eigenvalue weighted by molar-refractivity contribution is -0.118. The van der Waals surface area contributed by atoms with Crippen LogP contribution in [0.2, 0.25) is 0 Å². The van der Waals surface area contributed by atoms with Crippen LogP contribution in [0, 0.1) is 17.1 Å². The number of nitrogens with zero attached hydrogens (tertiary/aromatic N) is 4. The molecule has 0 spiro atoms. The summed E-state index contributed by atoms with van der Waals surface area (Å²) in [6.07, 6.45) is 1.75. The van der Waals surface area contributed by atoms with Gasteiger partial charge in [-0.25, -0.2) is 13.2 Å². The molecule has 3 N–H and O–H groups in total. The average Bonchev–Trinajstić information content (AvgIpc) is 3.46. The van der Waals surface area contributed by atoms with Gasteiger partial charge in [-0.1, -0.05) is 0 Å². The zero-order valence-electron chi connectivity index (χ0n) is 18.6. The Morgan fingerprint density at radius 3 is 2.66 bits per heavy atom. The van der Waals surface area contributed by atoms with Crippen LogP contribution in [0.4, 0.5) is 18.9 Å². The van der Waals surface area contributed by atoms with Gasteiger partial charge in [0.25, 0.3) is 17.6 Å². The number of aromatic amines is 1. The van der Waals surface area contributed by atoms with Crippen LogP contribution in [0.5, 0.6) is 0 Å². The molecule has 1 atom stereocenters. The van der Waals surface area contributed by atoms with E-state index in [1.165, 1.54) is 36.1 Å². The van der Waals surface area contributed by atoms with Crippen molar-refractivity contribution < 1.29 is 27.6 Å². The average molecular weight is 487 g/mol. The highest BCUT2D eigenvalue weighted by atomic mass is 19.3. The van der Waals surface area contributed by atoms with Crippen molar-refractivity contribution in [1.82, 2.24) is 25.3 Å². The Hall–Kier alpha value is -4.47. The summed E-state index contributed by atoms with van der Waals surface area (Å²) >= 11 is 0. The Morgan fingerprint density at radius 2 is 2.03 bits per heavy atom. The van der Waals surface area contributed by atoms with E-state index in [1.807, 2.05) is 0 Å². The smallest absolute Gasteiger partial charge is 0.292 e. The molecule has 0 radical (unpaired) electrons. The molecule has 2 aromatic heterocycles. The molecule has 0 fully saturated rings. The third kappa shape index (κ3) is 6.32. The van der Waals surface area contributed by atoms with Gasteiger partial charge in [0.05, 0.1) is 17.8 Å². The van der Waals surface area contributed by atoms with Gasteiger partial charge in [0, 0.05) is 30.9 Å². The zero-order chi connectivity index (χ0) is 25.8. The van der Waals surface area contributed by atoms with Crippen LogP contribution in [-0.2, 0) is 11.8 Å². The number of nitriles is 1. The molecule has 2 heterocycles. The third-order valence-electron chi connectivity index (χ3n) is 5.02. The quantitative estimate of drug-likeness (QED) is 0.313. The Labute approximate surface area is 197 Å². The summed E-state index contributed by atoms with van der Waals surface area (Å²) < 4.78 is 41.4. The number of carbonyl (C=O) groups excluding carboxylic acids is 3. The Balaban J connectivity index is 1.73. The minimum Gasteiger partial charge on any atom is -0.346 e. The van der Waals surface area contributed by atoms with E-state index in [2.05, 4.69) is 26.0 Å². The molecular weight excluding hydrogens is 467 g/mol. The molecule has 0 bridgehead atoms. The van der Waals surface area contributed by atoms with E-state index in [1.54, 1.807) is 6.07 Å². The predicted molar refractivity (Wildman–Crippen MR) is 116 cm³/mol. The van der Waals surface area contributed by atoms with Crippen LogP contribution in [0.1, 0.15) is 57.9 Å². The maximum absolute atomic E-state index is 13.5. The largest absolute Gasteiger partial charge is 0.346 e. The fourth-order valence-electron chi connectivity index (χ4n) is 3.22. The van der Waals surface area contributed by atoms with Gasteiger partial charge in [-0.05, 0) is 37.6 Å². The standard InChI is InChI=1S/C22H20F3N7O3/c1-22(24,25)6-5-16(17-10-27-31-30-17)29-21(35)19(33)13-8-18(32(2)11-13)20(34)28-14-3-4-15(23)12(7-14)9-26/h3-4,7-8,10-11,16H,5-6H2,1-2H3,(H,28,34)(H,29,35)(H,27,30,31). The fourth-order valence-corrected chi connectivity index (χ4v) is 3.22. The van der Waals surface area contributed by atoms with Gasteiger partial charge in [0.15, 0.2) is 0 Å². The van der Waals surface area contributed by atoms with Crippen molar-refractivity contribution >= 4 is 23.3 Å². The summed E-state index contributed by atoms with van der Waals surface area (Å²) in [5.41, 5.74) is -0.0402. The molecule has 35 heavy (non-hydrogen) atoms. The monoisotopic (exact) mass is 487 g/mol. The van der Waals surface area contributed by atoms with Crippen LogP contribution in [-0.4, -0.2) is 43.5 Å². The summed E-state index contributed by atoms with van der Waals surface area (Å²) in [4.78, 5) is 37.9. The predicted octanol–water partition coefficient (Wildman–Crippen LogP) is 2.88. The van der Waals surface area contributed by atoms with E-state index in [9.17, 15) is 27.6 Å². The number of H-pyrrole nitrogens is 1. The molecule has 182 valence electrons. The summed E-state index contributed by atoms with van der Waals surface area (Å²) in [5.74, 6) is -6.48. The van der Waals surface area contributed by atoms with Crippen molar-refractivity contribution in [2.24, 2.45) is 7.05 Å². The van der Waals surface area contributed by atoms with Gasteiger partial charge in [0.1, 0.15) is 23.3 Å². The highest BCUT2D eigenvalue weighted by molar-refractivity contribution is 6.43. The van der Waals surface area contributed by atoms with Gasteiger partial charge < -0.3 is 15.2 Å². The normalized spacial score (nSPS) is 12.0. The number of carbonyl (C=O) groups is 3. The molecule has 0 saturated carbocycles. The second-order valence-electron chi connectivity index (χ2n) is 7.84. The van der Waals surface area contributed by atoms with E-state index in [4.69, 9.17) is 5.26 Å². The van der Waals surface area contributed by atoms with Crippen molar-refractivity contribution in [1.29, 1.82) is 5.26 Å². The van der Waals surface area contributed by atoms with Crippen LogP contribution < -0.4 is 10.6 Å². The number of alkyl halides is 2. The highest BCUT2D eigenvalue weighted by Gasteiger charge is 2.28. The lowest BCUT2D eigenvalue weighted by atomic mass is 10.0. The summed E-state index contributed by atoms with van der Waals surface area (Å²) in [5, 5.41) is 23.5. The number of hydrogen-bond donors (Lipinski definition) is 3. The van der Waals surface area contributed by atoms with E-state index >= 15 is 0 Å². The summed E-state index contributed by atoms with van der Waals surface area (Å²) in [6, 6.07) is 5.29. The highest BCUT2D eigenvalue weighted by Crippen LogP contribution is 2.25. The van der Waals surface area contributed by atoms with Gasteiger partial charge >= 0.3 is 0 Å². The Kier molecular flexibility index (Phi) is 7.34. The topological polar surface area (TPSA) is 146 Å². The first kappa shape index (κ1) is 25.2. The molecule has 1 unspecified atom stereocenters. The molecule has 0 saturated heterocycles. The lowest BCUT2D eigenvalue weighted by Crippen LogP contribution is -2.35. The maximum Gasteiger partial charge on any atom is 0.292 e. The SMILES string of the molecule is Cn1cc(C(=O)C(=O)NC(CCC(C)(F)F)c2cn[nH]n2)cc1C(=O)Nc1ccc(F)c(C#N)c1. The molecule has 3 aromatic rings. The minimum atomic E-state index is -2.99. The Morgan fingerprint density at radius 1 is 1.29 bits per heavy atom. The first-order valence-electron chi connectivity index (χ1n) is 10.2. The Bertz CT molecular complexity index is 1290. The van der Waals surface area contributed by atoms with E-state index in [0.29, 0.717) is 0 Å². The van der Waals surface area contributed by atoms with E-state index in [0.717, 1.165) is 19.1 Å². The number of nitrogens with one attached hydrogen (secondary N) is 3. The molecule has 0 aliphatic carbocycles.